The first-order valence-electron chi connectivity index (χ1n) is 11.3. The van der Waals surface area contributed by atoms with Gasteiger partial charge in [0.05, 0.1) is 6.61 Å². The zero-order chi connectivity index (χ0) is 22.5. The number of hydrogen-bond acceptors (Lipinski definition) is 7. The molecular formula is C25H26N2O5. The Balaban J connectivity index is 1.50. The van der Waals surface area contributed by atoms with Gasteiger partial charge in [-0.1, -0.05) is 32.6 Å². The molecular weight excluding hydrogens is 408 g/mol. The molecule has 0 aromatic carbocycles. The Morgan fingerprint density at radius 2 is 2.09 bits per heavy atom. The highest BCUT2D eigenvalue weighted by atomic mass is 16.5. The fourth-order valence-electron chi connectivity index (χ4n) is 7.79. The van der Waals surface area contributed by atoms with Gasteiger partial charge < -0.3 is 9.47 Å². The molecule has 4 bridgehead atoms. The molecule has 3 saturated carbocycles. The van der Waals surface area contributed by atoms with Gasteiger partial charge in [0, 0.05) is 23.4 Å². The van der Waals surface area contributed by atoms with Gasteiger partial charge in [-0.2, -0.15) is 0 Å². The topological polar surface area (TPSA) is 95.5 Å². The van der Waals surface area contributed by atoms with Crippen LogP contribution in [0.3, 0.4) is 0 Å². The maximum Gasteiger partial charge on any atom is 0.357 e. The molecule has 1 saturated heterocycles. The Kier molecular flexibility index (Phi) is 3.88. The average molecular weight is 434 g/mol. The van der Waals surface area contributed by atoms with E-state index in [2.05, 4.69) is 42.5 Å². The first-order valence-corrected chi connectivity index (χ1v) is 11.3. The number of carbonyl (C=O) groups is 3. The Hall–Kier alpha value is -2.67. The zero-order valence-electron chi connectivity index (χ0n) is 18.2. The normalized spacial score (nSPS) is 43.1. The Morgan fingerprint density at radius 1 is 1.28 bits per heavy atom. The molecule has 1 aromatic rings. The predicted octanol–water partition coefficient (Wildman–Crippen LogP) is 2.72. The van der Waals surface area contributed by atoms with Crippen molar-refractivity contribution >= 4 is 17.5 Å². The van der Waals surface area contributed by atoms with E-state index in [4.69, 9.17) is 9.47 Å². The molecule has 6 rings (SSSR count). The monoisotopic (exact) mass is 434 g/mol. The van der Waals surface area contributed by atoms with E-state index in [0.717, 1.165) is 6.42 Å². The van der Waals surface area contributed by atoms with E-state index < -0.39 is 29.0 Å². The Labute approximate surface area is 186 Å². The van der Waals surface area contributed by atoms with Crippen LogP contribution in [0, 0.1) is 34.0 Å². The summed E-state index contributed by atoms with van der Waals surface area (Å²) in [5.41, 5.74) is -1.48. The Morgan fingerprint density at radius 3 is 2.84 bits per heavy atom. The third kappa shape index (κ3) is 2.13. The van der Waals surface area contributed by atoms with Crippen LogP contribution in [0.5, 0.6) is 0 Å². The second kappa shape index (κ2) is 6.22. The molecule has 4 aliphatic carbocycles. The minimum absolute atomic E-state index is 0.000411. The molecule has 1 spiro atoms. The number of esters is 1. The Bertz CT molecular complexity index is 1090. The molecule has 0 unspecified atom stereocenters. The number of rotatable bonds is 2. The first-order chi connectivity index (χ1) is 15.2. The van der Waals surface area contributed by atoms with E-state index in [1.54, 1.807) is 0 Å². The van der Waals surface area contributed by atoms with Crippen molar-refractivity contribution in [2.45, 2.75) is 45.3 Å². The standard InChI is InChI=1S/C25H26N2O5/c1-13-14-5-6-16-24-9-4-8-23(2,3)18(24)17(31-11-24)20(29)25(16,19(13)28)21(14)32-22(30)15-7-10-26-12-27-15/h4,7,9-10,12,14,16-18,21H,1,5-6,8,11H2,2-3H3/t14-,16-,17+,18+,21+,24+,25+/m0/s1. The molecule has 0 N–H and O–H groups in total. The highest BCUT2D eigenvalue weighted by Gasteiger charge is 2.80. The van der Waals surface area contributed by atoms with Gasteiger partial charge in [-0.3, -0.25) is 9.59 Å². The van der Waals surface area contributed by atoms with E-state index in [9.17, 15) is 14.4 Å². The van der Waals surface area contributed by atoms with Crippen LogP contribution in [0.4, 0.5) is 0 Å². The van der Waals surface area contributed by atoms with Gasteiger partial charge in [0.15, 0.2) is 17.3 Å². The summed E-state index contributed by atoms with van der Waals surface area (Å²) in [5.74, 6) is -1.78. The summed E-state index contributed by atoms with van der Waals surface area (Å²) in [6.45, 7) is 8.82. The van der Waals surface area contributed by atoms with Gasteiger partial charge in [-0.05, 0) is 42.2 Å². The highest BCUT2D eigenvalue weighted by molar-refractivity contribution is 6.20. The molecule has 2 heterocycles. The largest absolute Gasteiger partial charge is 0.455 e. The number of carbonyl (C=O) groups excluding carboxylic acids is 3. The third-order valence-corrected chi connectivity index (χ3v) is 8.89. The molecule has 7 atom stereocenters. The van der Waals surface area contributed by atoms with Crippen molar-refractivity contribution in [3.63, 3.8) is 0 Å². The van der Waals surface area contributed by atoms with Crippen LogP contribution in [0.25, 0.3) is 0 Å². The quantitative estimate of drug-likeness (QED) is 0.306. The van der Waals surface area contributed by atoms with Crippen LogP contribution in [0.15, 0.2) is 42.9 Å². The number of ketones is 2. The molecule has 1 aromatic heterocycles. The number of fused-ring (bicyclic) bond motifs is 1. The van der Waals surface area contributed by atoms with E-state index in [-0.39, 0.29) is 40.4 Å². The maximum atomic E-state index is 14.2. The third-order valence-electron chi connectivity index (χ3n) is 8.89. The number of nitrogens with zero attached hydrogens (tertiary/aromatic N) is 2. The molecule has 4 fully saturated rings. The number of hydrogen-bond donors (Lipinski definition) is 0. The van der Waals surface area contributed by atoms with E-state index in [0.29, 0.717) is 25.0 Å². The van der Waals surface area contributed by atoms with Crippen molar-refractivity contribution in [3.8, 4) is 0 Å². The summed E-state index contributed by atoms with van der Waals surface area (Å²) in [6, 6.07) is 1.47. The summed E-state index contributed by atoms with van der Waals surface area (Å²) in [6.07, 6.45) is 7.76. The lowest BCUT2D eigenvalue weighted by Crippen LogP contribution is -2.68. The van der Waals surface area contributed by atoms with Crippen LogP contribution in [0.1, 0.15) is 43.6 Å². The van der Waals surface area contributed by atoms with Gasteiger partial charge in [-0.25, -0.2) is 14.8 Å². The summed E-state index contributed by atoms with van der Waals surface area (Å²) in [4.78, 5) is 48.8. The number of allylic oxidation sites excluding steroid dienone is 1. The molecule has 5 aliphatic rings. The fraction of sp³-hybridized carbons (Fsp3) is 0.560. The average Bonchev–Trinajstić information content (AvgIpc) is 3.20. The van der Waals surface area contributed by atoms with Crippen LogP contribution in [-0.2, 0) is 19.1 Å². The van der Waals surface area contributed by atoms with E-state index in [1.165, 1.54) is 18.6 Å². The molecule has 32 heavy (non-hydrogen) atoms. The zero-order valence-corrected chi connectivity index (χ0v) is 18.2. The molecule has 0 radical (unpaired) electrons. The van der Waals surface area contributed by atoms with Crippen molar-refractivity contribution in [1.82, 2.24) is 9.97 Å². The molecule has 0 amide bonds. The van der Waals surface area contributed by atoms with Crippen LogP contribution < -0.4 is 0 Å². The fourth-order valence-corrected chi connectivity index (χ4v) is 7.79. The van der Waals surface area contributed by atoms with Gasteiger partial charge >= 0.3 is 5.97 Å². The summed E-state index contributed by atoms with van der Waals surface area (Å²) in [7, 11) is 0. The smallest absolute Gasteiger partial charge is 0.357 e. The number of aromatic nitrogens is 2. The summed E-state index contributed by atoms with van der Waals surface area (Å²) in [5, 5.41) is 0. The van der Waals surface area contributed by atoms with Gasteiger partial charge in [0.2, 0.25) is 0 Å². The lowest BCUT2D eigenvalue weighted by atomic mass is 9.41. The number of Topliss-reactive ketones (excluding diaryl/α,β-unsaturated/α-hetero) is 2. The lowest BCUT2D eigenvalue weighted by molar-refractivity contribution is -0.178. The lowest BCUT2D eigenvalue weighted by Gasteiger charge is -2.59. The summed E-state index contributed by atoms with van der Waals surface area (Å²) < 4.78 is 12.2. The maximum absolute atomic E-state index is 14.2. The first kappa shape index (κ1) is 20.0. The molecule has 166 valence electrons. The minimum atomic E-state index is -1.43. The second-order valence-corrected chi connectivity index (χ2v) is 10.7. The number of ether oxygens (including phenoxy) is 2. The van der Waals surface area contributed by atoms with E-state index in [1.807, 2.05) is 0 Å². The van der Waals surface area contributed by atoms with Crippen molar-refractivity contribution in [1.29, 1.82) is 0 Å². The SMILES string of the molecule is C=C1C(=O)[C@@]23C(=O)[C@@H]4OC[C@]5(C=CCC(C)(C)[C@@H]45)[C@@H]2CC[C@@H]1[C@H]3OC(=O)c1ccncn1. The molecule has 7 heteroatoms. The predicted molar refractivity (Wildman–Crippen MR) is 112 cm³/mol. The van der Waals surface area contributed by atoms with E-state index >= 15 is 0 Å². The van der Waals surface area contributed by atoms with Crippen molar-refractivity contribution in [2.24, 2.45) is 34.0 Å². The minimum Gasteiger partial charge on any atom is -0.455 e. The van der Waals surface area contributed by atoms with Crippen LogP contribution >= 0.6 is 0 Å². The molecule has 7 nitrogen and oxygen atoms in total. The van der Waals surface area contributed by atoms with Crippen LogP contribution in [0.2, 0.25) is 0 Å². The van der Waals surface area contributed by atoms with Gasteiger partial charge in [-0.15, -0.1) is 0 Å². The molecule has 1 aliphatic heterocycles. The van der Waals surface area contributed by atoms with Gasteiger partial charge in [0.25, 0.3) is 0 Å². The van der Waals surface area contributed by atoms with Crippen LogP contribution in [-0.4, -0.2) is 46.3 Å². The second-order valence-electron chi connectivity index (χ2n) is 10.7. The van der Waals surface area contributed by atoms with Crippen molar-refractivity contribution < 1.29 is 23.9 Å². The summed E-state index contributed by atoms with van der Waals surface area (Å²) >= 11 is 0. The van der Waals surface area contributed by atoms with Crippen molar-refractivity contribution in [3.05, 3.63) is 48.6 Å². The highest BCUT2D eigenvalue weighted by Crippen LogP contribution is 2.71. The van der Waals surface area contributed by atoms with Crippen molar-refractivity contribution in [2.75, 3.05) is 6.61 Å². The van der Waals surface area contributed by atoms with Gasteiger partial charge in [0.1, 0.15) is 24.0 Å².